The number of rotatable bonds is 3. The van der Waals surface area contributed by atoms with Gasteiger partial charge in [-0.1, -0.05) is 6.07 Å². The third-order valence-corrected chi connectivity index (χ3v) is 5.64. The predicted molar refractivity (Wildman–Crippen MR) is 86.3 cm³/mol. The first kappa shape index (κ1) is 16.0. The Morgan fingerprint density at radius 2 is 2.05 bits per heavy atom. The predicted octanol–water partition coefficient (Wildman–Crippen LogP) is 2.17. The van der Waals surface area contributed by atoms with E-state index in [1.807, 2.05) is 23.1 Å². The van der Waals surface area contributed by atoms with Crippen LogP contribution in [-0.4, -0.2) is 44.1 Å². The Hall–Kier alpha value is -1.34. The Balaban J connectivity index is 2.19. The van der Waals surface area contributed by atoms with E-state index < -0.39 is 15.8 Å². The standard InChI is InChI=1S/C14H16BrNO4S/c15-12-10-11(3-5-14(17)18)2-4-13(12)16-6-1-8-21(19,20)9-7-16/h2-5,10H,1,6-9H2,(H,17,18)/b5-3+. The lowest BCUT2D eigenvalue weighted by molar-refractivity contribution is -0.131. The van der Waals surface area contributed by atoms with Crippen LogP contribution >= 0.6 is 15.9 Å². The molecule has 1 aliphatic rings. The number of carbonyl (C=O) groups is 1. The summed E-state index contributed by atoms with van der Waals surface area (Å²) in [5, 5.41) is 8.62. The summed E-state index contributed by atoms with van der Waals surface area (Å²) in [6, 6.07) is 5.52. The molecule has 1 aliphatic heterocycles. The van der Waals surface area contributed by atoms with Gasteiger partial charge in [0.2, 0.25) is 0 Å². The maximum atomic E-state index is 11.6. The quantitative estimate of drug-likeness (QED) is 0.821. The molecule has 0 unspecified atom stereocenters. The monoisotopic (exact) mass is 373 g/mol. The van der Waals surface area contributed by atoms with Crippen molar-refractivity contribution >= 4 is 43.5 Å². The van der Waals surface area contributed by atoms with Crippen molar-refractivity contribution in [2.24, 2.45) is 0 Å². The van der Waals surface area contributed by atoms with Crippen molar-refractivity contribution in [3.8, 4) is 0 Å². The van der Waals surface area contributed by atoms with E-state index in [4.69, 9.17) is 5.11 Å². The number of carboxylic acid groups (broad SMARTS) is 1. The topological polar surface area (TPSA) is 74.7 Å². The second-order valence-corrected chi connectivity index (χ2v) is 8.03. The Morgan fingerprint density at radius 1 is 1.29 bits per heavy atom. The number of benzene rings is 1. The molecule has 2 rings (SSSR count). The first-order chi connectivity index (χ1) is 9.87. The molecule has 0 aliphatic carbocycles. The van der Waals surface area contributed by atoms with Crippen molar-refractivity contribution in [1.29, 1.82) is 0 Å². The van der Waals surface area contributed by atoms with E-state index >= 15 is 0 Å². The molecule has 1 fully saturated rings. The first-order valence-corrected chi connectivity index (χ1v) is 9.15. The fraction of sp³-hybridized carbons (Fsp3) is 0.357. The van der Waals surface area contributed by atoms with E-state index in [2.05, 4.69) is 15.9 Å². The summed E-state index contributed by atoms with van der Waals surface area (Å²) in [6.07, 6.45) is 3.22. The fourth-order valence-electron chi connectivity index (χ4n) is 2.23. The Morgan fingerprint density at radius 3 is 2.71 bits per heavy atom. The van der Waals surface area contributed by atoms with Gasteiger partial charge in [-0.05, 0) is 46.1 Å². The van der Waals surface area contributed by atoms with Crippen molar-refractivity contribution in [2.45, 2.75) is 6.42 Å². The normalized spacial score (nSPS) is 18.6. The van der Waals surface area contributed by atoms with Gasteiger partial charge < -0.3 is 10.0 Å². The second-order valence-electron chi connectivity index (χ2n) is 4.87. The lowest BCUT2D eigenvalue weighted by Gasteiger charge is -2.23. The molecule has 7 heteroatoms. The molecule has 0 radical (unpaired) electrons. The maximum absolute atomic E-state index is 11.6. The van der Waals surface area contributed by atoms with Gasteiger partial charge in [0, 0.05) is 23.6 Å². The van der Waals surface area contributed by atoms with Crippen LogP contribution < -0.4 is 4.90 Å². The average Bonchev–Trinajstić information content (AvgIpc) is 2.58. The maximum Gasteiger partial charge on any atom is 0.328 e. The molecule has 0 atom stereocenters. The van der Waals surface area contributed by atoms with Crippen LogP contribution in [0.3, 0.4) is 0 Å². The van der Waals surface area contributed by atoms with Crippen LogP contribution in [-0.2, 0) is 14.6 Å². The second kappa shape index (κ2) is 6.62. The van der Waals surface area contributed by atoms with Crippen LogP contribution in [0.1, 0.15) is 12.0 Å². The van der Waals surface area contributed by atoms with E-state index in [1.54, 1.807) is 0 Å². The molecule has 1 saturated heterocycles. The number of hydrogen-bond donors (Lipinski definition) is 1. The van der Waals surface area contributed by atoms with Gasteiger partial charge in [0.1, 0.15) is 0 Å². The number of halogens is 1. The van der Waals surface area contributed by atoms with Gasteiger partial charge in [-0.2, -0.15) is 0 Å². The molecule has 21 heavy (non-hydrogen) atoms. The van der Waals surface area contributed by atoms with Crippen LogP contribution in [0, 0.1) is 0 Å². The highest BCUT2D eigenvalue weighted by atomic mass is 79.9. The molecule has 0 saturated carbocycles. The minimum atomic E-state index is -2.93. The molecule has 114 valence electrons. The summed E-state index contributed by atoms with van der Waals surface area (Å²) in [4.78, 5) is 12.5. The summed E-state index contributed by atoms with van der Waals surface area (Å²) in [5.41, 5.74) is 1.70. The largest absolute Gasteiger partial charge is 0.478 e. The third-order valence-electron chi connectivity index (χ3n) is 3.29. The van der Waals surface area contributed by atoms with Gasteiger partial charge in [-0.25, -0.2) is 13.2 Å². The number of anilines is 1. The number of sulfone groups is 1. The number of aliphatic carboxylic acids is 1. The SMILES string of the molecule is O=C(O)/C=C/c1ccc(N2CCCS(=O)(=O)CC2)c(Br)c1. The summed E-state index contributed by atoms with van der Waals surface area (Å²) < 4.78 is 24.1. The molecule has 1 N–H and O–H groups in total. The molecule has 0 amide bonds. The highest BCUT2D eigenvalue weighted by Crippen LogP contribution is 2.29. The zero-order valence-corrected chi connectivity index (χ0v) is 13.7. The summed E-state index contributed by atoms with van der Waals surface area (Å²) in [7, 11) is -2.93. The Labute approximate surface area is 132 Å². The van der Waals surface area contributed by atoms with Crippen LogP contribution in [0.15, 0.2) is 28.7 Å². The smallest absolute Gasteiger partial charge is 0.328 e. The lowest BCUT2D eigenvalue weighted by Crippen LogP contribution is -2.27. The molecule has 0 aromatic heterocycles. The zero-order chi connectivity index (χ0) is 15.5. The summed E-state index contributed by atoms with van der Waals surface area (Å²) in [5.74, 6) is -0.589. The minimum absolute atomic E-state index is 0.167. The molecular formula is C14H16BrNO4S. The summed E-state index contributed by atoms with van der Waals surface area (Å²) >= 11 is 3.47. The van der Waals surface area contributed by atoms with Gasteiger partial charge >= 0.3 is 5.97 Å². The number of hydrogen-bond acceptors (Lipinski definition) is 4. The molecule has 1 heterocycles. The lowest BCUT2D eigenvalue weighted by atomic mass is 10.1. The van der Waals surface area contributed by atoms with Gasteiger partial charge in [0.05, 0.1) is 17.2 Å². The first-order valence-electron chi connectivity index (χ1n) is 6.53. The van der Waals surface area contributed by atoms with Crippen molar-refractivity contribution in [3.63, 3.8) is 0 Å². The van der Waals surface area contributed by atoms with Gasteiger partial charge in [-0.3, -0.25) is 0 Å². The zero-order valence-electron chi connectivity index (χ0n) is 11.3. The molecule has 0 spiro atoms. The molecule has 1 aromatic rings. The third kappa shape index (κ3) is 4.57. The molecule has 1 aromatic carbocycles. The van der Waals surface area contributed by atoms with Crippen LogP contribution in [0.25, 0.3) is 6.08 Å². The Kier molecular flexibility index (Phi) is 5.05. The highest BCUT2D eigenvalue weighted by Gasteiger charge is 2.20. The van der Waals surface area contributed by atoms with E-state index in [9.17, 15) is 13.2 Å². The van der Waals surface area contributed by atoms with E-state index in [-0.39, 0.29) is 11.5 Å². The average molecular weight is 374 g/mol. The molecular weight excluding hydrogens is 358 g/mol. The van der Waals surface area contributed by atoms with Gasteiger partial charge in [0.25, 0.3) is 0 Å². The van der Waals surface area contributed by atoms with Crippen molar-refractivity contribution in [3.05, 3.63) is 34.3 Å². The molecule has 0 bridgehead atoms. The van der Waals surface area contributed by atoms with Crippen LogP contribution in [0.2, 0.25) is 0 Å². The minimum Gasteiger partial charge on any atom is -0.478 e. The highest BCUT2D eigenvalue weighted by molar-refractivity contribution is 9.10. The molecule has 5 nitrogen and oxygen atoms in total. The fourth-order valence-corrected chi connectivity index (χ4v) is 4.15. The van der Waals surface area contributed by atoms with Gasteiger partial charge in [-0.15, -0.1) is 0 Å². The van der Waals surface area contributed by atoms with Crippen LogP contribution in [0.4, 0.5) is 5.69 Å². The van der Waals surface area contributed by atoms with Crippen molar-refractivity contribution in [2.75, 3.05) is 29.5 Å². The van der Waals surface area contributed by atoms with E-state index in [1.165, 1.54) is 6.08 Å². The number of carboxylic acids is 1. The van der Waals surface area contributed by atoms with Crippen LogP contribution in [0.5, 0.6) is 0 Å². The van der Waals surface area contributed by atoms with Crippen molar-refractivity contribution < 1.29 is 18.3 Å². The van der Waals surface area contributed by atoms with Gasteiger partial charge in [0.15, 0.2) is 9.84 Å². The number of nitrogens with zero attached hydrogens (tertiary/aromatic N) is 1. The van der Waals surface area contributed by atoms with Crippen molar-refractivity contribution in [1.82, 2.24) is 0 Å². The summed E-state index contributed by atoms with van der Waals surface area (Å²) in [6.45, 7) is 1.17. The Bertz CT molecular complexity index is 670. The van der Waals surface area contributed by atoms with E-state index in [0.717, 1.165) is 21.8 Å². The van der Waals surface area contributed by atoms with E-state index in [0.29, 0.717) is 19.5 Å².